The van der Waals surface area contributed by atoms with Crippen LogP contribution in [0, 0.1) is 13.8 Å². The van der Waals surface area contributed by atoms with E-state index in [1.165, 1.54) is 0 Å². The van der Waals surface area contributed by atoms with E-state index in [4.69, 9.17) is 16.3 Å². The summed E-state index contributed by atoms with van der Waals surface area (Å²) in [7, 11) is 1.74. The van der Waals surface area contributed by atoms with Crippen LogP contribution in [0.1, 0.15) is 61.6 Å². The molecule has 1 aliphatic carbocycles. The molecule has 4 nitrogen and oxygen atoms in total. The van der Waals surface area contributed by atoms with E-state index in [9.17, 15) is 9.59 Å². The monoisotopic (exact) mass is 439 g/mol. The number of nitrogens with one attached hydrogen (secondary N) is 1. The van der Waals surface area contributed by atoms with Gasteiger partial charge in [-0.05, 0) is 85.9 Å². The van der Waals surface area contributed by atoms with Crippen LogP contribution in [0.4, 0.5) is 0 Å². The molecule has 2 aromatic carbocycles. The van der Waals surface area contributed by atoms with Gasteiger partial charge in [-0.1, -0.05) is 42.8 Å². The van der Waals surface area contributed by atoms with Crippen LogP contribution in [0.25, 0.3) is 11.1 Å². The Morgan fingerprint density at radius 1 is 1.03 bits per heavy atom. The van der Waals surface area contributed by atoms with Crippen molar-refractivity contribution in [1.29, 1.82) is 0 Å². The highest BCUT2D eigenvalue weighted by molar-refractivity contribution is 6.30. The first kappa shape index (κ1) is 22.0. The molecule has 0 aromatic heterocycles. The summed E-state index contributed by atoms with van der Waals surface area (Å²) in [6.45, 7) is 6.10. The zero-order valence-corrected chi connectivity index (χ0v) is 19.4. The molecule has 1 heterocycles. The SMILES string of the molecule is CCC1(OC)CCC2(CC1)NC(=O)C(c1c(C)ccc(-c3ccc(Cl)cc3)c1C)C2=O. The molecule has 4 rings (SSSR count). The van der Waals surface area contributed by atoms with Gasteiger partial charge in [0.25, 0.3) is 0 Å². The van der Waals surface area contributed by atoms with Gasteiger partial charge in [-0.3, -0.25) is 9.59 Å². The molecule has 0 radical (unpaired) electrons. The predicted octanol–water partition coefficient (Wildman–Crippen LogP) is 5.51. The standard InChI is InChI=1S/C26H30ClNO3/c1-5-25(31-4)12-14-26(15-13-25)23(29)22(24(30)28-26)21-16(2)6-11-20(17(21)3)18-7-9-19(27)10-8-18/h6-11,22H,5,12-15H2,1-4H3,(H,28,30). The second-order valence-electron chi connectivity index (χ2n) is 9.08. The summed E-state index contributed by atoms with van der Waals surface area (Å²) >= 11 is 6.05. The van der Waals surface area contributed by atoms with Gasteiger partial charge in [0.15, 0.2) is 5.78 Å². The van der Waals surface area contributed by atoms with E-state index in [0.717, 1.165) is 47.1 Å². The lowest BCUT2D eigenvalue weighted by atomic mass is 9.70. The number of carbonyl (C=O) groups is 2. The third-order valence-electron chi connectivity index (χ3n) is 7.63. The first-order chi connectivity index (χ1) is 14.8. The van der Waals surface area contributed by atoms with Crippen LogP contribution >= 0.6 is 11.6 Å². The number of benzene rings is 2. The molecule has 1 saturated heterocycles. The highest BCUT2D eigenvalue weighted by Gasteiger charge is 2.56. The number of ether oxygens (including phenoxy) is 1. The number of methoxy groups -OCH3 is 1. The normalized spacial score (nSPS) is 28.2. The molecule has 1 unspecified atom stereocenters. The summed E-state index contributed by atoms with van der Waals surface area (Å²) in [5, 5.41) is 3.79. The maximum absolute atomic E-state index is 13.7. The number of rotatable bonds is 4. The smallest absolute Gasteiger partial charge is 0.235 e. The van der Waals surface area contributed by atoms with E-state index in [0.29, 0.717) is 17.9 Å². The zero-order valence-electron chi connectivity index (χ0n) is 18.7. The maximum atomic E-state index is 13.7. The molecule has 1 N–H and O–H groups in total. The molecule has 2 aromatic rings. The molecular weight excluding hydrogens is 410 g/mol. The lowest BCUT2D eigenvalue weighted by Gasteiger charge is -2.42. The second kappa shape index (κ2) is 8.07. The van der Waals surface area contributed by atoms with Gasteiger partial charge >= 0.3 is 0 Å². The summed E-state index contributed by atoms with van der Waals surface area (Å²) in [6.07, 6.45) is 3.73. The molecule has 5 heteroatoms. The minimum atomic E-state index is -0.770. The lowest BCUT2D eigenvalue weighted by Crippen LogP contribution is -2.53. The zero-order chi connectivity index (χ0) is 22.4. The number of Topliss-reactive ketones (excluding diaryl/α,β-unsaturated/α-hetero) is 1. The van der Waals surface area contributed by atoms with E-state index in [-0.39, 0.29) is 17.3 Å². The van der Waals surface area contributed by atoms with Crippen LogP contribution < -0.4 is 5.32 Å². The van der Waals surface area contributed by atoms with Gasteiger partial charge in [-0.25, -0.2) is 0 Å². The quantitative estimate of drug-likeness (QED) is 0.638. The van der Waals surface area contributed by atoms with E-state index in [2.05, 4.69) is 18.3 Å². The Balaban J connectivity index is 1.70. The number of ketones is 1. The van der Waals surface area contributed by atoms with Gasteiger partial charge in [0.2, 0.25) is 5.91 Å². The number of hydrogen-bond acceptors (Lipinski definition) is 3. The Morgan fingerprint density at radius 2 is 1.68 bits per heavy atom. The van der Waals surface area contributed by atoms with Crippen molar-refractivity contribution in [1.82, 2.24) is 5.32 Å². The van der Waals surface area contributed by atoms with E-state index < -0.39 is 11.5 Å². The van der Waals surface area contributed by atoms with Crippen LogP contribution in [0.3, 0.4) is 0 Å². The first-order valence-corrected chi connectivity index (χ1v) is 11.4. The summed E-state index contributed by atoms with van der Waals surface area (Å²) in [5.74, 6) is -0.924. The van der Waals surface area contributed by atoms with Gasteiger partial charge < -0.3 is 10.1 Å². The molecular formula is C26H30ClNO3. The largest absolute Gasteiger partial charge is 0.378 e. The Morgan fingerprint density at radius 3 is 2.26 bits per heavy atom. The van der Waals surface area contributed by atoms with Crippen molar-refractivity contribution in [3.63, 3.8) is 0 Å². The number of carbonyl (C=O) groups excluding carboxylic acids is 2. The van der Waals surface area contributed by atoms with Crippen molar-refractivity contribution in [3.8, 4) is 11.1 Å². The maximum Gasteiger partial charge on any atom is 0.235 e. The van der Waals surface area contributed by atoms with Crippen LogP contribution in [-0.2, 0) is 14.3 Å². The topological polar surface area (TPSA) is 55.4 Å². The van der Waals surface area contributed by atoms with Crippen LogP contribution in [0.2, 0.25) is 5.02 Å². The van der Waals surface area contributed by atoms with Gasteiger partial charge in [0.1, 0.15) is 5.92 Å². The fourth-order valence-corrected chi connectivity index (χ4v) is 5.61. The molecule has 1 spiro atoms. The van der Waals surface area contributed by atoms with E-state index in [1.54, 1.807) is 7.11 Å². The van der Waals surface area contributed by atoms with Crippen molar-refractivity contribution in [3.05, 3.63) is 58.1 Å². The van der Waals surface area contributed by atoms with Crippen molar-refractivity contribution >= 4 is 23.3 Å². The fraction of sp³-hybridized carbons (Fsp3) is 0.462. The summed E-state index contributed by atoms with van der Waals surface area (Å²) in [5.41, 5.74) is 3.87. The molecule has 1 amide bonds. The molecule has 1 aliphatic heterocycles. The Hall–Kier alpha value is -2.17. The minimum absolute atomic E-state index is 0.0118. The number of hydrogen-bond donors (Lipinski definition) is 1. The van der Waals surface area contributed by atoms with Crippen molar-refractivity contribution < 1.29 is 14.3 Å². The highest BCUT2D eigenvalue weighted by atomic mass is 35.5. The number of halogens is 1. The molecule has 2 aliphatic rings. The summed E-state index contributed by atoms with van der Waals surface area (Å²) in [6, 6.07) is 11.7. The third kappa shape index (κ3) is 3.60. The number of amides is 1. The van der Waals surface area contributed by atoms with Gasteiger partial charge in [0.05, 0.1) is 11.1 Å². The summed E-state index contributed by atoms with van der Waals surface area (Å²) < 4.78 is 5.78. The van der Waals surface area contributed by atoms with Crippen LogP contribution in [0.5, 0.6) is 0 Å². The third-order valence-corrected chi connectivity index (χ3v) is 7.88. The van der Waals surface area contributed by atoms with Crippen molar-refractivity contribution in [2.45, 2.75) is 69.9 Å². The van der Waals surface area contributed by atoms with E-state index >= 15 is 0 Å². The second-order valence-corrected chi connectivity index (χ2v) is 9.52. The van der Waals surface area contributed by atoms with Gasteiger partial charge in [0, 0.05) is 12.1 Å². The van der Waals surface area contributed by atoms with Crippen LogP contribution in [0.15, 0.2) is 36.4 Å². The van der Waals surface area contributed by atoms with Crippen molar-refractivity contribution in [2.75, 3.05) is 7.11 Å². The molecule has 1 saturated carbocycles. The number of aryl methyl sites for hydroxylation is 1. The first-order valence-electron chi connectivity index (χ1n) is 11.0. The van der Waals surface area contributed by atoms with Gasteiger partial charge in [-0.2, -0.15) is 0 Å². The Labute approximate surface area is 189 Å². The molecule has 31 heavy (non-hydrogen) atoms. The Kier molecular flexibility index (Phi) is 5.74. The van der Waals surface area contributed by atoms with E-state index in [1.807, 2.05) is 44.2 Å². The minimum Gasteiger partial charge on any atom is -0.378 e. The van der Waals surface area contributed by atoms with Gasteiger partial charge in [-0.15, -0.1) is 0 Å². The predicted molar refractivity (Wildman–Crippen MR) is 123 cm³/mol. The fourth-order valence-electron chi connectivity index (χ4n) is 5.48. The lowest BCUT2D eigenvalue weighted by molar-refractivity contribution is -0.128. The summed E-state index contributed by atoms with van der Waals surface area (Å²) in [4.78, 5) is 26.9. The average molecular weight is 440 g/mol. The molecule has 0 bridgehead atoms. The molecule has 164 valence electrons. The Bertz CT molecular complexity index is 1010. The molecule has 1 atom stereocenters. The highest BCUT2D eigenvalue weighted by Crippen LogP contribution is 2.46. The molecule has 2 fully saturated rings. The van der Waals surface area contributed by atoms with Crippen molar-refractivity contribution in [2.24, 2.45) is 0 Å². The van der Waals surface area contributed by atoms with Crippen LogP contribution in [-0.4, -0.2) is 29.9 Å². The average Bonchev–Trinajstić information content (AvgIpc) is 3.00.